The van der Waals surface area contributed by atoms with Crippen molar-refractivity contribution in [1.29, 1.82) is 0 Å². The third-order valence-corrected chi connectivity index (χ3v) is 2.30. The maximum atomic E-state index is 5.67. The highest BCUT2D eigenvalue weighted by Gasteiger charge is 2.14. The maximum absolute atomic E-state index is 5.67. The Labute approximate surface area is 86.7 Å². The summed E-state index contributed by atoms with van der Waals surface area (Å²) in [5.74, 6) is 0.359. The number of hydrogen-bond acceptors (Lipinski definition) is 6. The molecule has 0 aliphatic carbocycles. The summed E-state index contributed by atoms with van der Waals surface area (Å²) >= 11 is 0. The minimum Gasteiger partial charge on any atom is -0.382 e. The number of fused-ring (bicyclic) bond motifs is 1. The maximum Gasteiger partial charge on any atom is 0.185 e. The van der Waals surface area contributed by atoms with Crippen LogP contribution in [0.3, 0.4) is 0 Å². The molecule has 2 heterocycles. The van der Waals surface area contributed by atoms with Crippen LogP contribution in [0.2, 0.25) is 0 Å². The average molecular weight is 207 g/mol. The van der Waals surface area contributed by atoms with Gasteiger partial charge in [-0.25, -0.2) is 14.6 Å². The Hall–Kier alpha value is -1.76. The van der Waals surface area contributed by atoms with Gasteiger partial charge in [0, 0.05) is 0 Å². The van der Waals surface area contributed by atoms with Crippen molar-refractivity contribution in [3.63, 3.8) is 0 Å². The van der Waals surface area contributed by atoms with E-state index in [4.69, 9.17) is 5.73 Å². The van der Waals surface area contributed by atoms with E-state index >= 15 is 0 Å². The topological polar surface area (TPSA) is 94.5 Å². The normalized spacial score (nSPS) is 13.2. The van der Waals surface area contributed by atoms with Crippen LogP contribution in [0.5, 0.6) is 0 Å². The first-order valence-electron chi connectivity index (χ1n) is 4.76. The van der Waals surface area contributed by atoms with Gasteiger partial charge in [0.25, 0.3) is 0 Å². The van der Waals surface area contributed by atoms with E-state index in [-0.39, 0.29) is 6.17 Å². The van der Waals surface area contributed by atoms with Gasteiger partial charge in [-0.05, 0) is 13.5 Å². The predicted octanol–water partition coefficient (Wildman–Crippen LogP) is -0.0685. The first kappa shape index (κ1) is 9.78. The summed E-state index contributed by atoms with van der Waals surface area (Å²) < 4.78 is 1.72. The summed E-state index contributed by atoms with van der Waals surface area (Å²) in [6.45, 7) is 2.05. The SMILES string of the molecule is CCC(NC)n1nnc2c(N)ncnc21. The molecule has 7 heteroatoms. The summed E-state index contributed by atoms with van der Waals surface area (Å²) in [5.41, 5.74) is 6.87. The minimum absolute atomic E-state index is 0.0734. The van der Waals surface area contributed by atoms with E-state index in [1.54, 1.807) is 4.68 Å². The molecule has 0 radical (unpaired) electrons. The summed E-state index contributed by atoms with van der Waals surface area (Å²) in [4.78, 5) is 7.99. The summed E-state index contributed by atoms with van der Waals surface area (Å²) in [7, 11) is 1.87. The van der Waals surface area contributed by atoms with Gasteiger partial charge in [-0.15, -0.1) is 5.10 Å². The molecule has 2 aromatic rings. The second-order valence-corrected chi connectivity index (χ2v) is 3.18. The van der Waals surface area contributed by atoms with Gasteiger partial charge in [-0.1, -0.05) is 12.1 Å². The lowest BCUT2D eigenvalue weighted by Crippen LogP contribution is -2.23. The van der Waals surface area contributed by atoms with Crippen LogP contribution in [0, 0.1) is 0 Å². The van der Waals surface area contributed by atoms with Crippen molar-refractivity contribution in [3.8, 4) is 0 Å². The van der Waals surface area contributed by atoms with Gasteiger partial charge in [0.2, 0.25) is 0 Å². The first-order chi connectivity index (χ1) is 7.27. The molecule has 0 aromatic carbocycles. The molecule has 7 nitrogen and oxygen atoms in total. The lowest BCUT2D eigenvalue weighted by Gasteiger charge is -2.13. The predicted molar refractivity (Wildman–Crippen MR) is 55.9 cm³/mol. The van der Waals surface area contributed by atoms with Gasteiger partial charge in [0.15, 0.2) is 17.0 Å². The smallest absolute Gasteiger partial charge is 0.185 e. The monoisotopic (exact) mass is 207 g/mol. The molecule has 1 unspecified atom stereocenters. The molecule has 0 aliphatic heterocycles. The number of aromatic nitrogens is 5. The first-order valence-corrected chi connectivity index (χ1v) is 4.76. The Morgan fingerprint density at radius 1 is 1.53 bits per heavy atom. The molecule has 2 aromatic heterocycles. The Kier molecular flexibility index (Phi) is 2.46. The van der Waals surface area contributed by atoms with Gasteiger partial charge in [-0.2, -0.15) is 0 Å². The Bertz CT molecular complexity index is 459. The van der Waals surface area contributed by atoms with E-state index in [0.717, 1.165) is 6.42 Å². The molecule has 1 atom stereocenters. The standard InChI is InChI=1S/C8H13N7/c1-3-5(10-2)15-8-6(13-14-15)7(9)11-4-12-8/h4-5,10H,3H2,1-2H3,(H2,9,11,12). The van der Waals surface area contributed by atoms with Gasteiger partial charge in [-0.3, -0.25) is 5.32 Å². The van der Waals surface area contributed by atoms with Crippen LogP contribution < -0.4 is 11.1 Å². The van der Waals surface area contributed by atoms with E-state index in [0.29, 0.717) is 17.0 Å². The Balaban J connectivity index is 2.58. The molecule has 0 fully saturated rings. The molecule has 2 rings (SSSR count). The van der Waals surface area contributed by atoms with Crippen molar-refractivity contribution >= 4 is 17.0 Å². The third kappa shape index (κ3) is 1.50. The molecule has 0 saturated heterocycles. The van der Waals surface area contributed by atoms with E-state index in [9.17, 15) is 0 Å². The highest BCUT2D eigenvalue weighted by Crippen LogP contribution is 2.16. The van der Waals surface area contributed by atoms with E-state index in [2.05, 4.69) is 32.5 Å². The van der Waals surface area contributed by atoms with Crippen LogP contribution in [0.1, 0.15) is 19.5 Å². The summed E-state index contributed by atoms with van der Waals surface area (Å²) in [6.07, 6.45) is 2.38. The number of rotatable bonds is 3. The van der Waals surface area contributed by atoms with Crippen molar-refractivity contribution in [1.82, 2.24) is 30.3 Å². The molecular formula is C8H13N7. The fourth-order valence-electron chi connectivity index (χ4n) is 1.49. The number of nitrogens with zero attached hydrogens (tertiary/aromatic N) is 5. The van der Waals surface area contributed by atoms with Crippen molar-refractivity contribution in [2.75, 3.05) is 12.8 Å². The molecule has 0 aliphatic rings. The number of nitrogens with two attached hydrogens (primary N) is 1. The Morgan fingerprint density at radius 3 is 3.00 bits per heavy atom. The van der Waals surface area contributed by atoms with Crippen molar-refractivity contribution < 1.29 is 0 Å². The number of anilines is 1. The quantitative estimate of drug-likeness (QED) is 0.731. The fourth-order valence-corrected chi connectivity index (χ4v) is 1.49. The molecule has 0 spiro atoms. The second kappa shape index (κ2) is 3.77. The van der Waals surface area contributed by atoms with Crippen LogP contribution >= 0.6 is 0 Å². The number of hydrogen-bond donors (Lipinski definition) is 2. The second-order valence-electron chi connectivity index (χ2n) is 3.18. The summed E-state index contributed by atoms with van der Waals surface area (Å²) in [5, 5.41) is 11.1. The van der Waals surface area contributed by atoms with Crippen LogP contribution in [-0.4, -0.2) is 32.0 Å². The van der Waals surface area contributed by atoms with Gasteiger partial charge < -0.3 is 5.73 Å². The molecular weight excluding hydrogens is 194 g/mol. The molecule has 0 amide bonds. The van der Waals surface area contributed by atoms with Crippen molar-refractivity contribution in [2.45, 2.75) is 19.5 Å². The van der Waals surface area contributed by atoms with Crippen LogP contribution in [0.15, 0.2) is 6.33 Å². The van der Waals surface area contributed by atoms with Crippen molar-refractivity contribution in [3.05, 3.63) is 6.33 Å². The largest absolute Gasteiger partial charge is 0.382 e. The van der Waals surface area contributed by atoms with Crippen LogP contribution in [0.25, 0.3) is 11.2 Å². The van der Waals surface area contributed by atoms with E-state index < -0.39 is 0 Å². The Morgan fingerprint density at radius 2 is 2.33 bits per heavy atom. The van der Waals surface area contributed by atoms with Gasteiger partial charge >= 0.3 is 0 Å². The summed E-state index contributed by atoms with van der Waals surface area (Å²) in [6, 6.07) is 0. The van der Waals surface area contributed by atoms with Crippen LogP contribution in [0.4, 0.5) is 5.82 Å². The lowest BCUT2D eigenvalue weighted by atomic mass is 10.4. The fraction of sp³-hybridized carbons (Fsp3) is 0.500. The highest BCUT2D eigenvalue weighted by molar-refractivity contribution is 5.80. The van der Waals surface area contributed by atoms with Crippen molar-refractivity contribution in [2.24, 2.45) is 0 Å². The molecule has 80 valence electrons. The number of nitrogens with one attached hydrogen (secondary N) is 1. The highest BCUT2D eigenvalue weighted by atomic mass is 15.5. The van der Waals surface area contributed by atoms with Gasteiger partial charge in [0.1, 0.15) is 12.5 Å². The van der Waals surface area contributed by atoms with E-state index in [1.807, 2.05) is 7.05 Å². The molecule has 15 heavy (non-hydrogen) atoms. The zero-order valence-electron chi connectivity index (χ0n) is 8.68. The zero-order valence-corrected chi connectivity index (χ0v) is 8.68. The van der Waals surface area contributed by atoms with Crippen LogP contribution in [-0.2, 0) is 0 Å². The molecule has 3 N–H and O–H groups in total. The van der Waals surface area contributed by atoms with E-state index in [1.165, 1.54) is 6.33 Å². The number of nitrogen functional groups attached to an aromatic ring is 1. The molecule has 0 saturated carbocycles. The minimum atomic E-state index is 0.0734. The lowest BCUT2D eigenvalue weighted by molar-refractivity contribution is 0.387. The van der Waals surface area contributed by atoms with Gasteiger partial charge in [0.05, 0.1) is 0 Å². The zero-order chi connectivity index (χ0) is 10.8. The molecule has 0 bridgehead atoms. The average Bonchev–Trinajstić information content (AvgIpc) is 2.66. The third-order valence-electron chi connectivity index (χ3n) is 2.30.